The van der Waals surface area contributed by atoms with E-state index in [4.69, 9.17) is 16.3 Å². The molecule has 0 aliphatic heterocycles. The number of carbonyl (C=O) groups excluding carboxylic acids is 1. The van der Waals surface area contributed by atoms with E-state index in [9.17, 15) is 13.2 Å². The van der Waals surface area contributed by atoms with E-state index in [1.165, 1.54) is 0 Å². The predicted octanol–water partition coefficient (Wildman–Crippen LogP) is 6.80. The van der Waals surface area contributed by atoms with Crippen molar-refractivity contribution in [3.63, 3.8) is 0 Å². The second kappa shape index (κ2) is 10.2. The Kier molecular flexibility index (Phi) is 7.10. The zero-order valence-electron chi connectivity index (χ0n) is 19.1. The number of amides is 1. The summed E-state index contributed by atoms with van der Waals surface area (Å²) in [5.41, 5.74) is 2.71. The quantitative estimate of drug-likeness (QED) is 0.288. The van der Waals surface area contributed by atoms with Crippen LogP contribution in [0.15, 0.2) is 95.9 Å². The van der Waals surface area contributed by atoms with Crippen LogP contribution in [0.2, 0.25) is 5.02 Å². The highest BCUT2D eigenvalue weighted by molar-refractivity contribution is 7.92. The van der Waals surface area contributed by atoms with Gasteiger partial charge in [0.25, 0.3) is 15.9 Å². The SMILES string of the molecule is Cc1ccc(S(=O)(=O)Nc2ccc(C(=O)Nc3cc(Cl)ccc3Oc3ccccc3)cc2C)cc1. The molecule has 8 heteroatoms. The maximum atomic E-state index is 13.0. The Morgan fingerprint density at radius 1 is 0.829 bits per heavy atom. The van der Waals surface area contributed by atoms with Gasteiger partial charge < -0.3 is 10.1 Å². The third kappa shape index (κ3) is 6.01. The number of anilines is 2. The molecule has 2 N–H and O–H groups in total. The molecule has 0 atom stereocenters. The fourth-order valence-corrected chi connectivity index (χ4v) is 4.64. The molecular weight excluding hydrogens is 484 g/mol. The molecule has 0 aromatic heterocycles. The Bertz CT molecular complexity index is 1470. The van der Waals surface area contributed by atoms with Crippen LogP contribution in [-0.4, -0.2) is 14.3 Å². The lowest BCUT2D eigenvalue weighted by Gasteiger charge is -2.14. The van der Waals surface area contributed by atoms with Crippen molar-refractivity contribution in [3.8, 4) is 11.5 Å². The van der Waals surface area contributed by atoms with Crippen molar-refractivity contribution < 1.29 is 17.9 Å². The summed E-state index contributed by atoms with van der Waals surface area (Å²) < 4.78 is 33.9. The summed E-state index contributed by atoms with van der Waals surface area (Å²) >= 11 is 6.14. The first-order valence-corrected chi connectivity index (χ1v) is 12.6. The summed E-state index contributed by atoms with van der Waals surface area (Å²) in [5, 5.41) is 3.27. The Labute approximate surface area is 209 Å². The number of hydrogen-bond acceptors (Lipinski definition) is 4. The first-order chi connectivity index (χ1) is 16.7. The molecule has 4 aromatic carbocycles. The van der Waals surface area contributed by atoms with Crippen LogP contribution < -0.4 is 14.8 Å². The van der Waals surface area contributed by atoms with Crippen molar-refractivity contribution in [2.45, 2.75) is 18.7 Å². The van der Waals surface area contributed by atoms with Crippen molar-refractivity contribution in [2.24, 2.45) is 0 Å². The van der Waals surface area contributed by atoms with Crippen molar-refractivity contribution in [1.82, 2.24) is 0 Å². The van der Waals surface area contributed by atoms with Crippen molar-refractivity contribution in [3.05, 3.63) is 113 Å². The molecule has 0 heterocycles. The Morgan fingerprint density at radius 3 is 2.23 bits per heavy atom. The van der Waals surface area contributed by atoms with Gasteiger partial charge in [-0.15, -0.1) is 0 Å². The molecule has 0 unspecified atom stereocenters. The van der Waals surface area contributed by atoms with Crippen LogP contribution in [0.3, 0.4) is 0 Å². The lowest BCUT2D eigenvalue weighted by Crippen LogP contribution is -2.15. The highest BCUT2D eigenvalue weighted by Crippen LogP contribution is 2.32. The maximum absolute atomic E-state index is 13.0. The Balaban J connectivity index is 1.53. The van der Waals surface area contributed by atoms with Crippen LogP contribution in [0.25, 0.3) is 0 Å². The molecule has 6 nitrogen and oxygen atoms in total. The third-order valence-corrected chi connectivity index (χ3v) is 6.84. The average molecular weight is 507 g/mol. The molecule has 4 aromatic rings. The molecule has 1 amide bonds. The fourth-order valence-electron chi connectivity index (χ4n) is 3.34. The van der Waals surface area contributed by atoms with E-state index >= 15 is 0 Å². The topological polar surface area (TPSA) is 84.5 Å². The van der Waals surface area contributed by atoms with Gasteiger partial charge in [-0.2, -0.15) is 0 Å². The van der Waals surface area contributed by atoms with E-state index in [1.54, 1.807) is 79.7 Å². The van der Waals surface area contributed by atoms with Gasteiger partial charge >= 0.3 is 0 Å². The minimum absolute atomic E-state index is 0.163. The molecule has 0 bridgehead atoms. The molecule has 0 aliphatic carbocycles. The minimum Gasteiger partial charge on any atom is -0.455 e. The number of rotatable bonds is 7. The second-order valence-electron chi connectivity index (χ2n) is 7.96. The van der Waals surface area contributed by atoms with Gasteiger partial charge in [0.1, 0.15) is 5.75 Å². The highest BCUT2D eigenvalue weighted by Gasteiger charge is 2.17. The van der Waals surface area contributed by atoms with E-state index in [0.717, 1.165) is 5.56 Å². The fraction of sp³-hybridized carbons (Fsp3) is 0.0741. The third-order valence-electron chi connectivity index (χ3n) is 5.23. The van der Waals surface area contributed by atoms with Gasteiger partial charge in [0, 0.05) is 10.6 Å². The van der Waals surface area contributed by atoms with E-state index in [1.807, 2.05) is 25.1 Å². The van der Waals surface area contributed by atoms with Gasteiger partial charge in [-0.1, -0.05) is 47.5 Å². The molecule has 0 saturated carbocycles. The normalized spacial score (nSPS) is 11.1. The van der Waals surface area contributed by atoms with E-state index < -0.39 is 10.0 Å². The lowest BCUT2D eigenvalue weighted by molar-refractivity contribution is 0.102. The standard InChI is InChI=1S/C27H23ClN2O4S/c1-18-8-12-23(13-9-18)35(32,33)30-24-14-10-20(16-19(24)2)27(31)29-25-17-21(28)11-15-26(25)34-22-6-4-3-5-7-22/h3-17,30H,1-2H3,(H,29,31). The number of sulfonamides is 1. The largest absolute Gasteiger partial charge is 0.455 e. The first kappa shape index (κ1) is 24.3. The van der Waals surface area contributed by atoms with Crippen LogP contribution in [-0.2, 0) is 10.0 Å². The summed E-state index contributed by atoms with van der Waals surface area (Å²) in [7, 11) is -3.76. The van der Waals surface area contributed by atoms with Gasteiger partial charge in [-0.25, -0.2) is 8.42 Å². The first-order valence-electron chi connectivity index (χ1n) is 10.8. The van der Waals surface area contributed by atoms with E-state index in [-0.39, 0.29) is 10.8 Å². The molecular formula is C27H23ClN2O4S. The summed E-state index contributed by atoms with van der Waals surface area (Å²) in [5.74, 6) is 0.667. The molecule has 35 heavy (non-hydrogen) atoms. The Morgan fingerprint density at radius 2 is 1.54 bits per heavy atom. The predicted molar refractivity (Wildman–Crippen MR) is 139 cm³/mol. The van der Waals surface area contributed by atoms with Crippen molar-refractivity contribution in [2.75, 3.05) is 10.0 Å². The van der Waals surface area contributed by atoms with Gasteiger partial charge in [0.15, 0.2) is 5.75 Å². The summed E-state index contributed by atoms with van der Waals surface area (Å²) in [4.78, 5) is 13.1. The highest BCUT2D eigenvalue weighted by atomic mass is 35.5. The van der Waals surface area contributed by atoms with Gasteiger partial charge in [0.05, 0.1) is 16.3 Å². The molecule has 4 rings (SSSR count). The van der Waals surface area contributed by atoms with Gasteiger partial charge in [-0.05, 0) is 80.1 Å². The van der Waals surface area contributed by atoms with E-state index in [0.29, 0.717) is 39.0 Å². The molecule has 0 radical (unpaired) electrons. The second-order valence-corrected chi connectivity index (χ2v) is 10.1. The lowest BCUT2D eigenvalue weighted by atomic mass is 10.1. The minimum atomic E-state index is -3.76. The number of aryl methyl sites for hydroxylation is 2. The number of ether oxygens (including phenoxy) is 1. The van der Waals surface area contributed by atoms with Gasteiger partial charge in [-0.3, -0.25) is 9.52 Å². The molecule has 0 aliphatic rings. The monoisotopic (exact) mass is 506 g/mol. The van der Waals surface area contributed by atoms with Crippen LogP contribution in [0.1, 0.15) is 21.5 Å². The zero-order valence-corrected chi connectivity index (χ0v) is 20.7. The number of carbonyl (C=O) groups is 1. The zero-order chi connectivity index (χ0) is 25.0. The number of halogens is 1. The number of hydrogen-bond donors (Lipinski definition) is 2. The molecule has 0 fully saturated rings. The van der Waals surface area contributed by atoms with E-state index in [2.05, 4.69) is 10.0 Å². The Hall–Kier alpha value is -3.81. The average Bonchev–Trinajstić information content (AvgIpc) is 2.83. The number of benzene rings is 4. The number of para-hydroxylation sites is 1. The van der Waals surface area contributed by atoms with Crippen molar-refractivity contribution in [1.29, 1.82) is 0 Å². The molecule has 178 valence electrons. The molecule has 0 spiro atoms. The molecule has 0 saturated heterocycles. The van der Waals surface area contributed by atoms with Gasteiger partial charge in [0.2, 0.25) is 0 Å². The van der Waals surface area contributed by atoms with Crippen LogP contribution in [0, 0.1) is 13.8 Å². The summed E-state index contributed by atoms with van der Waals surface area (Å²) in [6.45, 7) is 3.62. The van der Waals surface area contributed by atoms with Crippen molar-refractivity contribution >= 4 is 38.9 Å². The maximum Gasteiger partial charge on any atom is 0.261 e. The van der Waals surface area contributed by atoms with Crippen LogP contribution >= 0.6 is 11.6 Å². The summed E-state index contributed by atoms with van der Waals surface area (Å²) in [6, 6.07) is 25.5. The summed E-state index contributed by atoms with van der Waals surface area (Å²) in [6.07, 6.45) is 0. The number of nitrogens with one attached hydrogen (secondary N) is 2. The smallest absolute Gasteiger partial charge is 0.261 e. The van der Waals surface area contributed by atoms with Crippen LogP contribution in [0.5, 0.6) is 11.5 Å². The van der Waals surface area contributed by atoms with Crippen LogP contribution in [0.4, 0.5) is 11.4 Å².